The number of nitrogens with two attached hydrogens (primary N) is 1. The molecule has 0 heterocycles. The third-order valence-corrected chi connectivity index (χ3v) is 4.10. The molecule has 1 aliphatic rings. The van der Waals surface area contributed by atoms with E-state index in [1.165, 1.54) is 5.01 Å². The number of benzene rings is 2. The highest BCUT2D eigenvalue weighted by Gasteiger charge is 2.34. The number of ketones is 2. The minimum Gasteiger partial charge on any atom is -0.388 e. The molecule has 5 nitrogen and oxygen atoms in total. The minimum absolute atomic E-state index is 0.147. The van der Waals surface area contributed by atoms with Crippen LogP contribution >= 0.6 is 0 Å². The maximum atomic E-state index is 13.0. The van der Waals surface area contributed by atoms with Crippen LogP contribution in [0.5, 0.6) is 0 Å². The molecule has 2 aromatic rings. The van der Waals surface area contributed by atoms with Gasteiger partial charge in [0.15, 0.2) is 11.6 Å². The van der Waals surface area contributed by atoms with Gasteiger partial charge in [-0.3, -0.25) is 9.59 Å². The van der Waals surface area contributed by atoms with Crippen molar-refractivity contribution in [1.29, 1.82) is 0 Å². The van der Waals surface area contributed by atoms with Gasteiger partial charge in [-0.2, -0.15) is 0 Å². The first-order valence-corrected chi connectivity index (χ1v) is 7.65. The van der Waals surface area contributed by atoms with E-state index in [2.05, 4.69) is 5.32 Å². The van der Waals surface area contributed by atoms with E-state index in [4.69, 9.17) is 5.84 Å². The van der Waals surface area contributed by atoms with E-state index >= 15 is 0 Å². The van der Waals surface area contributed by atoms with Gasteiger partial charge >= 0.3 is 0 Å². The first-order valence-electron chi connectivity index (χ1n) is 7.65. The summed E-state index contributed by atoms with van der Waals surface area (Å²) in [4.78, 5) is 25.9. The number of hydrogen-bond acceptors (Lipinski definition) is 5. The Morgan fingerprint density at radius 2 is 1.61 bits per heavy atom. The number of nitrogens with zero attached hydrogens (tertiary/aromatic N) is 1. The van der Waals surface area contributed by atoms with Gasteiger partial charge in [0.25, 0.3) is 0 Å². The van der Waals surface area contributed by atoms with Crippen LogP contribution in [-0.4, -0.2) is 25.2 Å². The Kier molecular flexibility index (Phi) is 3.88. The summed E-state index contributed by atoms with van der Waals surface area (Å²) < 4.78 is 0. The maximum Gasteiger partial charge on any atom is 0.196 e. The predicted octanol–water partition coefficient (Wildman–Crippen LogP) is 2.59. The molecule has 0 unspecified atom stereocenters. The molecule has 0 radical (unpaired) electrons. The molecule has 3 N–H and O–H groups in total. The molecule has 118 valence electrons. The van der Waals surface area contributed by atoms with E-state index in [-0.39, 0.29) is 11.6 Å². The lowest BCUT2D eigenvalue weighted by molar-refractivity contribution is 0.0980. The summed E-state index contributed by atoms with van der Waals surface area (Å²) in [6.07, 6.45) is 0.845. The van der Waals surface area contributed by atoms with Crippen molar-refractivity contribution in [1.82, 2.24) is 0 Å². The van der Waals surface area contributed by atoms with E-state index in [0.717, 1.165) is 6.42 Å². The zero-order valence-corrected chi connectivity index (χ0v) is 13.2. The van der Waals surface area contributed by atoms with Crippen LogP contribution in [0.2, 0.25) is 0 Å². The zero-order valence-electron chi connectivity index (χ0n) is 13.2. The van der Waals surface area contributed by atoms with Gasteiger partial charge in [-0.25, -0.2) is 5.84 Å². The zero-order chi connectivity index (χ0) is 16.6. The Balaban J connectivity index is 2.29. The summed E-state index contributed by atoms with van der Waals surface area (Å²) in [6, 6.07) is 10.5. The van der Waals surface area contributed by atoms with Crippen LogP contribution in [0.1, 0.15) is 45.2 Å². The summed E-state index contributed by atoms with van der Waals surface area (Å²) in [5.41, 5.74) is 2.90. The molecule has 0 fully saturated rings. The smallest absolute Gasteiger partial charge is 0.196 e. The molecule has 3 rings (SSSR count). The lowest BCUT2D eigenvalue weighted by Gasteiger charge is -2.27. The highest BCUT2D eigenvalue weighted by Crippen LogP contribution is 2.37. The highest BCUT2D eigenvalue weighted by atomic mass is 16.1. The van der Waals surface area contributed by atoms with E-state index in [9.17, 15) is 9.59 Å². The van der Waals surface area contributed by atoms with Gasteiger partial charge < -0.3 is 10.3 Å². The second kappa shape index (κ2) is 5.85. The molecule has 0 bridgehead atoms. The van der Waals surface area contributed by atoms with Crippen molar-refractivity contribution in [2.45, 2.75) is 13.3 Å². The number of hydrazine groups is 1. The molecule has 23 heavy (non-hydrogen) atoms. The van der Waals surface area contributed by atoms with Crippen LogP contribution in [0.4, 0.5) is 11.4 Å². The quantitative estimate of drug-likeness (QED) is 0.572. The van der Waals surface area contributed by atoms with Gasteiger partial charge in [0.05, 0.1) is 16.8 Å². The molecule has 0 aliphatic heterocycles. The van der Waals surface area contributed by atoms with E-state index in [0.29, 0.717) is 40.2 Å². The number of carbonyl (C=O) groups excluding carboxylic acids is 2. The van der Waals surface area contributed by atoms with Crippen molar-refractivity contribution in [3.63, 3.8) is 0 Å². The molecule has 2 aromatic carbocycles. The van der Waals surface area contributed by atoms with Crippen molar-refractivity contribution < 1.29 is 9.59 Å². The van der Waals surface area contributed by atoms with Crippen LogP contribution in [-0.2, 0) is 0 Å². The third kappa shape index (κ3) is 2.29. The Morgan fingerprint density at radius 3 is 2.17 bits per heavy atom. The average Bonchev–Trinajstić information content (AvgIpc) is 2.58. The van der Waals surface area contributed by atoms with Crippen LogP contribution < -0.4 is 16.2 Å². The van der Waals surface area contributed by atoms with Gasteiger partial charge in [0, 0.05) is 30.4 Å². The summed E-state index contributed by atoms with van der Waals surface area (Å²) in [5.74, 6) is 5.79. The second-order valence-corrected chi connectivity index (χ2v) is 5.53. The molecule has 1 aliphatic carbocycles. The first-order chi connectivity index (χ1) is 11.1. The molecular weight excluding hydrogens is 290 g/mol. The fourth-order valence-electron chi connectivity index (χ4n) is 3.01. The van der Waals surface area contributed by atoms with E-state index in [1.807, 2.05) is 6.92 Å². The minimum atomic E-state index is -0.158. The molecule has 0 aromatic heterocycles. The van der Waals surface area contributed by atoms with Gasteiger partial charge in [0.1, 0.15) is 0 Å². The summed E-state index contributed by atoms with van der Waals surface area (Å²) in [5, 5.41) is 4.54. The van der Waals surface area contributed by atoms with Gasteiger partial charge in [0.2, 0.25) is 0 Å². The molecular formula is C18H19N3O2. The second-order valence-electron chi connectivity index (χ2n) is 5.53. The average molecular weight is 309 g/mol. The van der Waals surface area contributed by atoms with Gasteiger partial charge in [-0.15, -0.1) is 0 Å². The predicted molar refractivity (Wildman–Crippen MR) is 91.1 cm³/mol. The van der Waals surface area contributed by atoms with Crippen molar-refractivity contribution in [2.24, 2.45) is 5.84 Å². The number of rotatable bonds is 4. The SMILES string of the molecule is CCCN(N)c1ccc(NC)c2c1C(=O)c1ccccc1C2=O. The van der Waals surface area contributed by atoms with Crippen molar-refractivity contribution in [3.8, 4) is 0 Å². The number of nitrogens with one attached hydrogen (secondary N) is 1. The monoisotopic (exact) mass is 309 g/mol. The third-order valence-electron chi connectivity index (χ3n) is 4.10. The number of carbonyl (C=O) groups is 2. The molecule has 5 heteroatoms. The van der Waals surface area contributed by atoms with Crippen molar-refractivity contribution in [2.75, 3.05) is 23.9 Å². The maximum absolute atomic E-state index is 13.0. The fraction of sp³-hybridized carbons (Fsp3) is 0.222. The number of hydrogen-bond donors (Lipinski definition) is 2. The van der Waals surface area contributed by atoms with Crippen LogP contribution in [0.15, 0.2) is 36.4 Å². The van der Waals surface area contributed by atoms with Gasteiger partial charge in [-0.05, 0) is 18.6 Å². The molecule has 0 saturated carbocycles. The Hall–Kier alpha value is -2.66. The standard InChI is InChI=1S/C18H19N3O2/c1-3-10-21(19)14-9-8-13(20-2)15-16(14)18(23)12-7-5-4-6-11(12)17(15)22/h4-9,20H,3,10,19H2,1-2H3. The Morgan fingerprint density at radius 1 is 1.00 bits per heavy atom. The number of anilines is 2. The largest absolute Gasteiger partial charge is 0.388 e. The molecule has 0 spiro atoms. The Labute approximate surface area is 135 Å². The summed E-state index contributed by atoms with van der Waals surface area (Å²) in [6.45, 7) is 2.62. The number of fused-ring (bicyclic) bond motifs is 2. The lowest BCUT2D eigenvalue weighted by Crippen LogP contribution is -2.35. The fourth-order valence-corrected chi connectivity index (χ4v) is 3.01. The van der Waals surface area contributed by atoms with Crippen molar-refractivity contribution in [3.05, 3.63) is 58.7 Å². The van der Waals surface area contributed by atoms with Crippen molar-refractivity contribution >= 4 is 22.9 Å². The Bertz CT molecular complexity index is 799. The highest BCUT2D eigenvalue weighted by molar-refractivity contribution is 6.31. The van der Waals surface area contributed by atoms with E-state index in [1.54, 1.807) is 43.4 Å². The molecule has 0 atom stereocenters. The van der Waals surface area contributed by atoms with Gasteiger partial charge in [-0.1, -0.05) is 31.2 Å². The van der Waals surface area contributed by atoms with Crippen LogP contribution in [0.3, 0.4) is 0 Å². The lowest BCUT2D eigenvalue weighted by atomic mass is 9.82. The molecule has 0 saturated heterocycles. The molecule has 0 amide bonds. The summed E-state index contributed by atoms with van der Waals surface area (Å²) >= 11 is 0. The van der Waals surface area contributed by atoms with Crippen LogP contribution in [0, 0.1) is 0 Å². The normalized spacial score (nSPS) is 12.7. The van der Waals surface area contributed by atoms with E-state index < -0.39 is 0 Å². The first kappa shape index (κ1) is 15.2. The topological polar surface area (TPSA) is 75.4 Å². The van der Waals surface area contributed by atoms with Crippen LogP contribution in [0.25, 0.3) is 0 Å². The summed E-state index contributed by atoms with van der Waals surface area (Å²) in [7, 11) is 1.74.